The van der Waals surface area contributed by atoms with E-state index in [0.29, 0.717) is 4.90 Å². The van der Waals surface area contributed by atoms with Crippen molar-refractivity contribution in [1.29, 1.82) is 0 Å². The predicted octanol–water partition coefficient (Wildman–Crippen LogP) is 0.896. The second-order valence-corrected chi connectivity index (χ2v) is 6.65. The summed E-state index contributed by atoms with van der Waals surface area (Å²) in [6, 6.07) is 5.51. The number of sulfonamides is 1. The molecule has 4 nitrogen and oxygen atoms in total. The summed E-state index contributed by atoms with van der Waals surface area (Å²) in [6.45, 7) is 5.30. The number of likely N-dealkylation sites (N-methyl/N-ethyl adjacent to an activating group) is 1. The Kier molecular flexibility index (Phi) is 3.25. The summed E-state index contributed by atoms with van der Waals surface area (Å²) in [6.07, 6.45) is 0. The van der Waals surface area contributed by atoms with E-state index < -0.39 is 10.0 Å². The Bertz CT molecular complexity index is 501. The first-order valence-corrected chi connectivity index (χ1v) is 7.12. The van der Waals surface area contributed by atoms with E-state index in [0.717, 1.165) is 24.2 Å². The molecule has 1 saturated heterocycles. The lowest BCUT2D eigenvalue weighted by Crippen LogP contribution is -2.57. The van der Waals surface area contributed by atoms with E-state index in [1.165, 1.54) is 4.31 Å². The average Bonchev–Trinajstić information content (AvgIpc) is 2.13. The van der Waals surface area contributed by atoms with Crippen molar-refractivity contribution in [3.05, 3.63) is 29.3 Å². The smallest absolute Gasteiger partial charge is 0.243 e. The molecule has 0 unspecified atom stereocenters. The Labute approximate surface area is 103 Å². The van der Waals surface area contributed by atoms with Gasteiger partial charge in [0.2, 0.25) is 10.0 Å². The van der Waals surface area contributed by atoms with Gasteiger partial charge in [0.05, 0.1) is 4.90 Å². The summed E-state index contributed by atoms with van der Waals surface area (Å²) < 4.78 is 26.2. The summed E-state index contributed by atoms with van der Waals surface area (Å²) in [5.74, 6) is 0. The summed E-state index contributed by atoms with van der Waals surface area (Å²) in [4.78, 5) is 0.393. The van der Waals surface area contributed by atoms with Crippen LogP contribution in [0.25, 0.3) is 0 Å². The molecule has 1 aromatic rings. The number of hydrogen-bond donors (Lipinski definition) is 1. The molecule has 1 aliphatic heterocycles. The Hall–Kier alpha value is -0.910. The number of nitrogens with one attached hydrogen (secondary N) is 1. The second-order valence-electron chi connectivity index (χ2n) is 4.66. The minimum atomic E-state index is -3.35. The van der Waals surface area contributed by atoms with Crippen LogP contribution in [-0.4, -0.2) is 38.9 Å². The SMILES string of the molecule is Cc1cc(C)cc(S(=O)(=O)N(C)C2CNC2)c1. The fourth-order valence-corrected chi connectivity index (χ4v) is 3.52. The summed E-state index contributed by atoms with van der Waals surface area (Å²) in [7, 11) is -1.70. The number of nitrogens with zero attached hydrogens (tertiary/aromatic N) is 1. The van der Waals surface area contributed by atoms with Crippen LogP contribution in [0.3, 0.4) is 0 Å². The van der Waals surface area contributed by atoms with Gasteiger partial charge < -0.3 is 5.32 Å². The molecule has 0 aliphatic carbocycles. The van der Waals surface area contributed by atoms with E-state index in [2.05, 4.69) is 5.32 Å². The van der Waals surface area contributed by atoms with E-state index in [1.807, 2.05) is 19.9 Å². The van der Waals surface area contributed by atoms with Crippen LogP contribution in [0.15, 0.2) is 23.1 Å². The van der Waals surface area contributed by atoms with Crippen molar-refractivity contribution in [1.82, 2.24) is 9.62 Å². The molecule has 94 valence electrons. The molecule has 0 amide bonds. The quantitative estimate of drug-likeness (QED) is 0.871. The maximum Gasteiger partial charge on any atom is 0.243 e. The van der Waals surface area contributed by atoms with Gasteiger partial charge in [0.15, 0.2) is 0 Å². The maximum absolute atomic E-state index is 12.4. The highest BCUT2D eigenvalue weighted by molar-refractivity contribution is 7.89. The Morgan fingerprint density at radius 1 is 1.18 bits per heavy atom. The molecular weight excluding hydrogens is 236 g/mol. The molecule has 5 heteroatoms. The van der Waals surface area contributed by atoms with Crippen LogP contribution in [0.2, 0.25) is 0 Å². The van der Waals surface area contributed by atoms with E-state index in [9.17, 15) is 8.42 Å². The zero-order valence-corrected chi connectivity index (χ0v) is 11.2. The molecule has 0 saturated carbocycles. The predicted molar refractivity (Wildman–Crippen MR) is 67.5 cm³/mol. The second kappa shape index (κ2) is 4.40. The fourth-order valence-electron chi connectivity index (χ4n) is 1.97. The molecule has 0 radical (unpaired) electrons. The van der Waals surface area contributed by atoms with E-state index in [4.69, 9.17) is 0 Å². The monoisotopic (exact) mass is 254 g/mol. The molecular formula is C12H18N2O2S. The van der Waals surface area contributed by atoms with Crippen molar-refractivity contribution in [3.63, 3.8) is 0 Å². The highest BCUT2D eigenvalue weighted by Crippen LogP contribution is 2.20. The first kappa shape index (κ1) is 12.5. The molecule has 2 rings (SSSR count). The summed E-state index contributed by atoms with van der Waals surface area (Å²) in [5.41, 5.74) is 1.95. The van der Waals surface area contributed by atoms with Gasteiger partial charge in [-0.25, -0.2) is 8.42 Å². The highest BCUT2D eigenvalue weighted by Gasteiger charge is 2.31. The van der Waals surface area contributed by atoms with Crippen LogP contribution in [0, 0.1) is 13.8 Å². The van der Waals surface area contributed by atoms with Gasteiger partial charge in [-0.15, -0.1) is 0 Å². The number of aryl methyl sites for hydroxylation is 2. The van der Waals surface area contributed by atoms with E-state index >= 15 is 0 Å². The van der Waals surface area contributed by atoms with Gasteiger partial charge in [0.25, 0.3) is 0 Å². The Morgan fingerprint density at radius 2 is 1.71 bits per heavy atom. The standard InChI is InChI=1S/C12H18N2O2S/c1-9-4-10(2)6-12(5-9)17(15,16)14(3)11-7-13-8-11/h4-6,11,13H,7-8H2,1-3H3. The van der Waals surface area contributed by atoms with Crippen LogP contribution in [-0.2, 0) is 10.0 Å². The zero-order valence-electron chi connectivity index (χ0n) is 10.4. The van der Waals surface area contributed by atoms with Crippen LogP contribution in [0.4, 0.5) is 0 Å². The summed E-state index contributed by atoms with van der Waals surface area (Å²) in [5, 5.41) is 3.08. The van der Waals surface area contributed by atoms with E-state index in [-0.39, 0.29) is 6.04 Å². The normalized spacial score (nSPS) is 17.2. The van der Waals surface area contributed by atoms with Crippen LogP contribution in [0.5, 0.6) is 0 Å². The van der Waals surface area contributed by atoms with Crippen molar-refractivity contribution >= 4 is 10.0 Å². The minimum Gasteiger partial charge on any atom is -0.313 e. The van der Waals surface area contributed by atoms with Gasteiger partial charge in [-0.2, -0.15) is 4.31 Å². The number of benzene rings is 1. The van der Waals surface area contributed by atoms with Gasteiger partial charge in [0, 0.05) is 26.2 Å². The fraction of sp³-hybridized carbons (Fsp3) is 0.500. The first-order valence-electron chi connectivity index (χ1n) is 5.68. The van der Waals surface area contributed by atoms with Gasteiger partial charge in [-0.05, 0) is 37.1 Å². The van der Waals surface area contributed by atoms with Crippen LogP contribution >= 0.6 is 0 Å². The first-order chi connectivity index (χ1) is 7.91. The molecule has 1 aliphatic rings. The Balaban J connectivity index is 2.36. The third kappa shape index (κ3) is 2.36. The Morgan fingerprint density at radius 3 is 2.12 bits per heavy atom. The van der Waals surface area contributed by atoms with Gasteiger partial charge in [-0.3, -0.25) is 0 Å². The molecule has 1 heterocycles. The minimum absolute atomic E-state index is 0.0841. The molecule has 17 heavy (non-hydrogen) atoms. The largest absolute Gasteiger partial charge is 0.313 e. The van der Waals surface area contributed by atoms with Crippen LogP contribution < -0.4 is 5.32 Å². The maximum atomic E-state index is 12.4. The third-order valence-corrected chi connectivity index (χ3v) is 5.03. The van der Waals surface area contributed by atoms with Gasteiger partial charge >= 0.3 is 0 Å². The molecule has 1 fully saturated rings. The topological polar surface area (TPSA) is 49.4 Å². The number of rotatable bonds is 3. The third-order valence-electron chi connectivity index (χ3n) is 3.15. The molecule has 0 spiro atoms. The van der Waals surface area contributed by atoms with Crippen molar-refractivity contribution in [3.8, 4) is 0 Å². The molecule has 0 bridgehead atoms. The molecule has 1 aromatic carbocycles. The van der Waals surface area contributed by atoms with Gasteiger partial charge in [0.1, 0.15) is 0 Å². The average molecular weight is 254 g/mol. The van der Waals surface area contributed by atoms with Crippen molar-refractivity contribution in [2.75, 3.05) is 20.1 Å². The van der Waals surface area contributed by atoms with Crippen molar-refractivity contribution in [2.24, 2.45) is 0 Å². The molecule has 1 N–H and O–H groups in total. The van der Waals surface area contributed by atoms with Crippen molar-refractivity contribution < 1.29 is 8.42 Å². The molecule has 0 aromatic heterocycles. The number of hydrogen-bond acceptors (Lipinski definition) is 3. The highest BCUT2D eigenvalue weighted by atomic mass is 32.2. The van der Waals surface area contributed by atoms with Crippen molar-refractivity contribution in [2.45, 2.75) is 24.8 Å². The van der Waals surface area contributed by atoms with E-state index in [1.54, 1.807) is 19.2 Å². The summed E-state index contributed by atoms with van der Waals surface area (Å²) >= 11 is 0. The van der Waals surface area contributed by atoms with Crippen LogP contribution in [0.1, 0.15) is 11.1 Å². The lowest BCUT2D eigenvalue weighted by molar-refractivity contribution is 0.274. The molecule has 0 atom stereocenters. The lowest BCUT2D eigenvalue weighted by Gasteiger charge is -2.34. The van der Waals surface area contributed by atoms with Gasteiger partial charge in [-0.1, -0.05) is 6.07 Å². The zero-order chi connectivity index (χ0) is 12.6. The lowest BCUT2D eigenvalue weighted by atomic mass is 10.2.